The number of hydrogen-bond acceptors (Lipinski definition) is 4. The van der Waals surface area contributed by atoms with Crippen LogP contribution in [-0.4, -0.2) is 19.1 Å². The highest BCUT2D eigenvalue weighted by atomic mass is 16.5. The Morgan fingerprint density at radius 1 is 1.50 bits per heavy atom. The second-order valence-corrected chi connectivity index (χ2v) is 3.14. The molecule has 5 heteroatoms. The van der Waals surface area contributed by atoms with E-state index < -0.39 is 12.0 Å². The van der Waals surface area contributed by atoms with Gasteiger partial charge in [0, 0.05) is 6.07 Å². The Kier molecular flexibility index (Phi) is 3.72. The third-order valence-corrected chi connectivity index (χ3v) is 2.00. The van der Waals surface area contributed by atoms with Crippen molar-refractivity contribution >= 4 is 5.91 Å². The smallest absolute Gasteiger partial charge is 0.258 e. The van der Waals surface area contributed by atoms with Gasteiger partial charge in [-0.1, -0.05) is 0 Å². The normalized spacial score (nSPS) is 11.3. The standard InChI is InChI=1S/C11H12N2O3/c1-7(11(13)14)16-9-4-3-8(6-12)5-10(9)15-2/h3-5,7H,1-2H3,(H2,13,14)/t7-/m1/s1. The number of amides is 1. The molecule has 1 rings (SSSR count). The summed E-state index contributed by atoms with van der Waals surface area (Å²) < 4.78 is 10.3. The molecule has 0 unspecified atom stereocenters. The van der Waals surface area contributed by atoms with E-state index in [9.17, 15) is 4.79 Å². The summed E-state index contributed by atoms with van der Waals surface area (Å²) in [6.45, 7) is 1.54. The van der Waals surface area contributed by atoms with Gasteiger partial charge in [0.05, 0.1) is 18.7 Å². The number of hydrogen-bond donors (Lipinski definition) is 1. The maximum Gasteiger partial charge on any atom is 0.258 e. The summed E-state index contributed by atoms with van der Waals surface area (Å²) in [4.78, 5) is 10.8. The molecule has 0 saturated carbocycles. The fraction of sp³-hybridized carbons (Fsp3) is 0.273. The number of benzene rings is 1. The highest BCUT2D eigenvalue weighted by Gasteiger charge is 2.13. The monoisotopic (exact) mass is 220 g/mol. The molecule has 0 aliphatic heterocycles. The quantitative estimate of drug-likeness (QED) is 0.813. The summed E-state index contributed by atoms with van der Waals surface area (Å²) in [5.74, 6) is 0.214. The van der Waals surface area contributed by atoms with Crippen molar-refractivity contribution < 1.29 is 14.3 Å². The summed E-state index contributed by atoms with van der Waals surface area (Å²) in [5, 5.41) is 8.70. The van der Waals surface area contributed by atoms with E-state index in [0.29, 0.717) is 17.1 Å². The highest BCUT2D eigenvalue weighted by molar-refractivity contribution is 5.78. The van der Waals surface area contributed by atoms with Crippen molar-refractivity contribution in [1.82, 2.24) is 0 Å². The zero-order valence-electron chi connectivity index (χ0n) is 9.06. The first-order valence-electron chi connectivity index (χ1n) is 4.62. The molecule has 1 aromatic carbocycles. The van der Waals surface area contributed by atoms with Crippen LogP contribution in [0.5, 0.6) is 11.5 Å². The maximum atomic E-state index is 10.8. The van der Waals surface area contributed by atoms with Crippen molar-refractivity contribution in [3.05, 3.63) is 23.8 Å². The van der Waals surface area contributed by atoms with Gasteiger partial charge in [0.2, 0.25) is 0 Å². The fourth-order valence-corrected chi connectivity index (χ4v) is 1.08. The number of carbonyl (C=O) groups is 1. The van der Waals surface area contributed by atoms with Crippen molar-refractivity contribution in [2.45, 2.75) is 13.0 Å². The van der Waals surface area contributed by atoms with Gasteiger partial charge < -0.3 is 15.2 Å². The molecule has 0 radical (unpaired) electrons. The lowest BCUT2D eigenvalue weighted by Gasteiger charge is -2.14. The minimum atomic E-state index is -0.748. The van der Waals surface area contributed by atoms with Crippen molar-refractivity contribution in [3.63, 3.8) is 0 Å². The number of methoxy groups -OCH3 is 1. The Balaban J connectivity index is 2.97. The van der Waals surface area contributed by atoms with Gasteiger partial charge in [-0.05, 0) is 19.1 Å². The van der Waals surface area contributed by atoms with Crippen LogP contribution < -0.4 is 15.2 Å². The van der Waals surface area contributed by atoms with Crippen LogP contribution in [0.4, 0.5) is 0 Å². The van der Waals surface area contributed by atoms with E-state index in [0.717, 1.165) is 0 Å². The van der Waals surface area contributed by atoms with Crippen molar-refractivity contribution in [3.8, 4) is 17.6 Å². The van der Waals surface area contributed by atoms with Crippen LogP contribution in [0.25, 0.3) is 0 Å². The van der Waals surface area contributed by atoms with Gasteiger partial charge in [0.1, 0.15) is 0 Å². The van der Waals surface area contributed by atoms with Crippen LogP contribution in [0.1, 0.15) is 12.5 Å². The van der Waals surface area contributed by atoms with E-state index >= 15 is 0 Å². The molecule has 0 aliphatic carbocycles. The Morgan fingerprint density at radius 3 is 2.69 bits per heavy atom. The van der Waals surface area contributed by atoms with Gasteiger partial charge in [-0.15, -0.1) is 0 Å². The van der Waals surface area contributed by atoms with E-state index in [4.69, 9.17) is 20.5 Å². The molecule has 16 heavy (non-hydrogen) atoms. The molecule has 0 aromatic heterocycles. The molecular weight excluding hydrogens is 208 g/mol. The molecule has 0 saturated heterocycles. The SMILES string of the molecule is COc1cc(C#N)ccc1O[C@H](C)C(N)=O. The molecular formula is C11H12N2O3. The summed E-state index contributed by atoms with van der Waals surface area (Å²) in [5.41, 5.74) is 5.53. The Bertz CT molecular complexity index is 437. The second-order valence-electron chi connectivity index (χ2n) is 3.14. The number of ether oxygens (including phenoxy) is 2. The molecule has 2 N–H and O–H groups in total. The topological polar surface area (TPSA) is 85.3 Å². The minimum Gasteiger partial charge on any atom is -0.493 e. The Labute approximate surface area is 93.4 Å². The highest BCUT2D eigenvalue weighted by Crippen LogP contribution is 2.28. The summed E-state index contributed by atoms with van der Waals surface area (Å²) in [7, 11) is 1.46. The van der Waals surface area contributed by atoms with Crippen molar-refractivity contribution in [2.24, 2.45) is 5.73 Å². The van der Waals surface area contributed by atoms with E-state index in [2.05, 4.69) is 0 Å². The number of rotatable bonds is 4. The molecule has 1 atom stereocenters. The predicted molar refractivity (Wildman–Crippen MR) is 57.0 cm³/mol. The molecule has 5 nitrogen and oxygen atoms in total. The van der Waals surface area contributed by atoms with E-state index in [1.165, 1.54) is 13.2 Å². The van der Waals surface area contributed by atoms with Gasteiger partial charge >= 0.3 is 0 Å². The van der Waals surface area contributed by atoms with Crippen molar-refractivity contribution in [2.75, 3.05) is 7.11 Å². The number of carbonyl (C=O) groups excluding carboxylic acids is 1. The molecule has 0 fully saturated rings. The molecule has 0 heterocycles. The first kappa shape index (κ1) is 11.9. The van der Waals surface area contributed by atoms with Gasteiger partial charge in [-0.3, -0.25) is 4.79 Å². The van der Waals surface area contributed by atoms with E-state index in [1.807, 2.05) is 6.07 Å². The summed E-state index contributed by atoms with van der Waals surface area (Å²) in [6, 6.07) is 6.65. The molecule has 1 aromatic rings. The summed E-state index contributed by atoms with van der Waals surface area (Å²) >= 11 is 0. The molecule has 0 spiro atoms. The Hall–Kier alpha value is -2.22. The van der Waals surface area contributed by atoms with Gasteiger partial charge in [0.25, 0.3) is 5.91 Å². The average Bonchev–Trinajstić information content (AvgIpc) is 2.29. The molecule has 84 valence electrons. The lowest BCUT2D eigenvalue weighted by Crippen LogP contribution is -2.30. The van der Waals surface area contributed by atoms with E-state index in [-0.39, 0.29) is 0 Å². The largest absolute Gasteiger partial charge is 0.493 e. The van der Waals surface area contributed by atoms with Crippen molar-refractivity contribution in [1.29, 1.82) is 5.26 Å². The van der Waals surface area contributed by atoms with E-state index in [1.54, 1.807) is 19.1 Å². The third-order valence-electron chi connectivity index (χ3n) is 2.00. The number of nitriles is 1. The zero-order chi connectivity index (χ0) is 12.1. The molecule has 0 bridgehead atoms. The predicted octanol–water partition coefficient (Wildman–Crippen LogP) is 0.819. The number of nitrogens with two attached hydrogens (primary N) is 1. The zero-order valence-corrected chi connectivity index (χ0v) is 9.06. The van der Waals surface area contributed by atoms with Crippen LogP contribution in [0.3, 0.4) is 0 Å². The molecule has 1 amide bonds. The fourth-order valence-electron chi connectivity index (χ4n) is 1.08. The van der Waals surface area contributed by atoms with Crippen LogP contribution >= 0.6 is 0 Å². The number of primary amides is 1. The van der Waals surface area contributed by atoms with Gasteiger partial charge in [0.15, 0.2) is 17.6 Å². The third kappa shape index (κ3) is 2.64. The van der Waals surface area contributed by atoms with Gasteiger partial charge in [-0.2, -0.15) is 5.26 Å². The molecule has 0 aliphatic rings. The lowest BCUT2D eigenvalue weighted by molar-refractivity contribution is -0.124. The second kappa shape index (κ2) is 5.03. The number of nitrogens with zero attached hydrogens (tertiary/aromatic N) is 1. The van der Waals surface area contributed by atoms with Crippen LogP contribution in [0.2, 0.25) is 0 Å². The van der Waals surface area contributed by atoms with Crippen LogP contribution in [0, 0.1) is 11.3 Å². The summed E-state index contributed by atoms with van der Waals surface area (Å²) in [6.07, 6.45) is -0.748. The maximum absolute atomic E-state index is 10.8. The van der Waals surface area contributed by atoms with Crippen LogP contribution in [-0.2, 0) is 4.79 Å². The van der Waals surface area contributed by atoms with Gasteiger partial charge in [-0.25, -0.2) is 0 Å². The first-order valence-corrected chi connectivity index (χ1v) is 4.62. The Morgan fingerprint density at radius 2 is 2.19 bits per heavy atom. The lowest BCUT2D eigenvalue weighted by atomic mass is 10.2. The minimum absolute atomic E-state index is 0.382. The average molecular weight is 220 g/mol. The first-order chi connectivity index (χ1) is 7.58. The van der Waals surface area contributed by atoms with Crippen LogP contribution in [0.15, 0.2) is 18.2 Å².